The van der Waals surface area contributed by atoms with E-state index in [2.05, 4.69) is 34.5 Å². The number of rotatable bonds is 6. The number of likely N-dealkylation sites (tertiary alicyclic amines) is 1. The number of carbonyl (C=O) groups excluding carboxylic acids is 3. The Labute approximate surface area is 197 Å². The molecule has 176 valence electrons. The smallest absolute Gasteiger partial charge is 0.255 e. The summed E-state index contributed by atoms with van der Waals surface area (Å²) in [6.07, 6.45) is 0.585. The van der Waals surface area contributed by atoms with Crippen LogP contribution < -0.4 is 10.1 Å². The Bertz CT molecular complexity index is 1150. The number of nitrogens with zero attached hydrogens (tertiary/aromatic N) is 2. The molecule has 4 heterocycles. The summed E-state index contributed by atoms with van der Waals surface area (Å²) in [6, 6.07) is 13.3. The van der Waals surface area contributed by atoms with Crippen molar-refractivity contribution in [2.24, 2.45) is 5.41 Å². The molecule has 34 heavy (non-hydrogen) atoms. The molecule has 4 aliphatic rings. The molecule has 8 nitrogen and oxygen atoms in total. The average molecular weight is 462 g/mol. The topological polar surface area (TPSA) is 88.2 Å². The molecule has 2 aromatic rings. The number of nitrogens with one attached hydrogen (secondary N) is 1. The van der Waals surface area contributed by atoms with Crippen LogP contribution in [-0.2, 0) is 34.0 Å². The highest BCUT2D eigenvalue weighted by atomic mass is 16.5. The molecule has 4 aliphatic heterocycles. The Kier molecular flexibility index (Phi) is 5.15. The number of carbonyl (C=O) groups is 3. The first-order chi connectivity index (χ1) is 16.5. The maximum atomic E-state index is 13.0. The summed E-state index contributed by atoms with van der Waals surface area (Å²) in [6.45, 7) is 5.69. The second-order valence-electron chi connectivity index (χ2n) is 9.93. The van der Waals surface area contributed by atoms with Gasteiger partial charge < -0.3 is 14.4 Å². The van der Waals surface area contributed by atoms with Crippen LogP contribution in [0.1, 0.15) is 39.9 Å². The zero-order valence-corrected chi connectivity index (χ0v) is 18.9. The molecule has 0 radical (unpaired) electrons. The van der Waals surface area contributed by atoms with Crippen molar-refractivity contribution < 1.29 is 23.9 Å². The van der Waals surface area contributed by atoms with Crippen LogP contribution in [-0.4, -0.2) is 59.9 Å². The predicted octanol–water partition coefficient (Wildman–Crippen LogP) is 1.86. The monoisotopic (exact) mass is 461 g/mol. The van der Waals surface area contributed by atoms with Crippen molar-refractivity contribution in [1.29, 1.82) is 0 Å². The third-order valence-electron chi connectivity index (χ3n) is 7.30. The SMILES string of the molecule is O=C1CCC(N2Cc3c(OCc4ccc(CN5CC6(COC6)C5)cc4)cccc3C2=O)C(=O)N1. The Morgan fingerprint density at radius 3 is 2.50 bits per heavy atom. The van der Waals surface area contributed by atoms with Crippen LogP contribution in [0.2, 0.25) is 0 Å². The minimum absolute atomic E-state index is 0.194. The highest BCUT2D eigenvalue weighted by Crippen LogP contribution is 2.38. The van der Waals surface area contributed by atoms with Gasteiger partial charge in [0.25, 0.3) is 5.91 Å². The lowest BCUT2D eigenvalue weighted by Gasteiger charge is -2.55. The van der Waals surface area contributed by atoms with Crippen LogP contribution in [0.3, 0.4) is 0 Å². The third kappa shape index (κ3) is 3.76. The summed E-state index contributed by atoms with van der Waals surface area (Å²) < 4.78 is 11.5. The average Bonchev–Trinajstić information content (AvgIpc) is 3.11. The summed E-state index contributed by atoms with van der Waals surface area (Å²) in [5.41, 5.74) is 4.12. The number of imide groups is 1. The van der Waals surface area contributed by atoms with E-state index in [0.717, 1.165) is 44.0 Å². The van der Waals surface area contributed by atoms with Gasteiger partial charge in [-0.3, -0.25) is 24.6 Å². The van der Waals surface area contributed by atoms with Crippen molar-refractivity contribution in [3.05, 3.63) is 64.7 Å². The number of piperidine rings is 1. The summed E-state index contributed by atoms with van der Waals surface area (Å²) >= 11 is 0. The second-order valence-corrected chi connectivity index (χ2v) is 9.93. The van der Waals surface area contributed by atoms with E-state index in [9.17, 15) is 14.4 Å². The Morgan fingerprint density at radius 1 is 1.03 bits per heavy atom. The first-order valence-corrected chi connectivity index (χ1v) is 11.8. The molecule has 3 amide bonds. The van der Waals surface area contributed by atoms with Gasteiger partial charge in [-0.25, -0.2) is 0 Å². The van der Waals surface area contributed by atoms with E-state index in [0.29, 0.717) is 36.3 Å². The minimum atomic E-state index is -0.629. The lowest BCUT2D eigenvalue weighted by molar-refractivity contribution is -0.191. The standard InChI is InChI=1S/C26H27N3O5/c30-23-9-8-21(24(31)27-23)29-11-20-19(25(29)32)2-1-3-22(20)34-12-18-6-4-17(5-7-18)10-28-13-26(14-28)15-33-16-26/h1-7,21H,8-16H2,(H,27,30,31). The van der Waals surface area contributed by atoms with Crippen LogP contribution in [0.15, 0.2) is 42.5 Å². The number of fused-ring (bicyclic) bond motifs is 1. The maximum Gasteiger partial charge on any atom is 0.255 e. The molecule has 0 saturated carbocycles. The molecule has 3 fully saturated rings. The molecule has 1 atom stereocenters. The van der Waals surface area contributed by atoms with Gasteiger partial charge in [0.2, 0.25) is 11.8 Å². The number of ether oxygens (including phenoxy) is 2. The number of hydrogen-bond donors (Lipinski definition) is 1. The van der Waals surface area contributed by atoms with Crippen LogP contribution in [0.25, 0.3) is 0 Å². The molecule has 1 unspecified atom stereocenters. The largest absolute Gasteiger partial charge is 0.489 e. The predicted molar refractivity (Wildman–Crippen MR) is 122 cm³/mol. The fraction of sp³-hybridized carbons (Fsp3) is 0.423. The van der Waals surface area contributed by atoms with E-state index in [1.54, 1.807) is 17.0 Å². The number of amides is 3. The molecule has 1 spiro atoms. The van der Waals surface area contributed by atoms with Crippen molar-refractivity contribution in [3.63, 3.8) is 0 Å². The Morgan fingerprint density at radius 2 is 1.79 bits per heavy atom. The molecule has 3 saturated heterocycles. The number of benzene rings is 2. The van der Waals surface area contributed by atoms with Gasteiger partial charge in [-0.2, -0.15) is 0 Å². The molecule has 8 heteroatoms. The Balaban J connectivity index is 1.08. The van der Waals surface area contributed by atoms with E-state index in [1.165, 1.54) is 5.56 Å². The van der Waals surface area contributed by atoms with Gasteiger partial charge in [0, 0.05) is 42.6 Å². The zero-order chi connectivity index (χ0) is 23.3. The van der Waals surface area contributed by atoms with E-state index in [1.807, 2.05) is 6.07 Å². The van der Waals surface area contributed by atoms with Crippen molar-refractivity contribution in [1.82, 2.24) is 15.1 Å². The van der Waals surface area contributed by atoms with Gasteiger partial charge in [0.1, 0.15) is 18.4 Å². The summed E-state index contributed by atoms with van der Waals surface area (Å²) in [7, 11) is 0. The van der Waals surface area contributed by atoms with E-state index in [4.69, 9.17) is 9.47 Å². The molecule has 0 aliphatic carbocycles. The van der Waals surface area contributed by atoms with E-state index in [-0.39, 0.29) is 18.2 Å². The second kappa shape index (κ2) is 8.21. The van der Waals surface area contributed by atoms with Crippen molar-refractivity contribution >= 4 is 17.7 Å². The highest BCUT2D eigenvalue weighted by Gasteiger charge is 2.48. The molecule has 6 rings (SSSR count). The lowest BCUT2D eigenvalue weighted by Crippen LogP contribution is -2.65. The highest BCUT2D eigenvalue weighted by molar-refractivity contribution is 6.05. The van der Waals surface area contributed by atoms with Crippen LogP contribution >= 0.6 is 0 Å². The van der Waals surface area contributed by atoms with Crippen LogP contribution in [0.5, 0.6) is 5.75 Å². The van der Waals surface area contributed by atoms with Gasteiger partial charge in [0.05, 0.1) is 19.8 Å². The first-order valence-electron chi connectivity index (χ1n) is 11.8. The van der Waals surface area contributed by atoms with E-state index < -0.39 is 11.9 Å². The van der Waals surface area contributed by atoms with Crippen molar-refractivity contribution in [3.8, 4) is 5.75 Å². The van der Waals surface area contributed by atoms with E-state index >= 15 is 0 Å². The fourth-order valence-corrected chi connectivity index (χ4v) is 5.44. The quantitative estimate of drug-likeness (QED) is 0.661. The third-order valence-corrected chi connectivity index (χ3v) is 7.30. The molecule has 1 N–H and O–H groups in total. The summed E-state index contributed by atoms with van der Waals surface area (Å²) in [4.78, 5) is 40.7. The molecular weight excluding hydrogens is 434 g/mol. The summed E-state index contributed by atoms with van der Waals surface area (Å²) in [5, 5.41) is 2.34. The molecular formula is C26H27N3O5. The molecule has 0 aromatic heterocycles. The Hall–Kier alpha value is -3.23. The zero-order valence-electron chi connectivity index (χ0n) is 18.9. The summed E-state index contributed by atoms with van der Waals surface area (Å²) in [5.74, 6) is -0.240. The van der Waals surface area contributed by atoms with Gasteiger partial charge in [-0.05, 0) is 29.7 Å². The minimum Gasteiger partial charge on any atom is -0.489 e. The maximum absolute atomic E-state index is 13.0. The van der Waals surface area contributed by atoms with Gasteiger partial charge in [0.15, 0.2) is 0 Å². The van der Waals surface area contributed by atoms with Crippen molar-refractivity contribution in [2.45, 2.75) is 38.6 Å². The van der Waals surface area contributed by atoms with Gasteiger partial charge in [-0.1, -0.05) is 30.3 Å². The molecule has 0 bridgehead atoms. The normalized spacial score (nSPS) is 23.4. The fourth-order valence-electron chi connectivity index (χ4n) is 5.44. The lowest BCUT2D eigenvalue weighted by atomic mass is 9.78. The number of hydrogen-bond acceptors (Lipinski definition) is 6. The first kappa shape index (κ1) is 21.3. The molecule has 2 aromatic carbocycles. The van der Waals surface area contributed by atoms with Crippen molar-refractivity contribution in [2.75, 3.05) is 26.3 Å². The van der Waals surface area contributed by atoms with Crippen LogP contribution in [0.4, 0.5) is 0 Å². The van der Waals surface area contributed by atoms with Gasteiger partial charge in [-0.15, -0.1) is 0 Å². The van der Waals surface area contributed by atoms with Gasteiger partial charge >= 0.3 is 0 Å². The van der Waals surface area contributed by atoms with Crippen LogP contribution in [0, 0.1) is 5.41 Å².